The van der Waals surface area contributed by atoms with E-state index in [4.69, 9.17) is 0 Å². The summed E-state index contributed by atoms with van der Waals surface area (Å²) in [5, 5.41) is 3.18. The maximum absolute atomic E-state index is 13.4. The monoisotopic (exact) mass is 192 g/mol. The second-order valence-electron chi connectivity index (χ2n) is 3.54. The van der Waals surface area contributed by atoms with Crippen molar-refractivity contribution in [3.8, 4) is 0 Å². The summed E-state index contributed by atoms with van der Waals surface area (Å²) >= 11 is 0. The summed E-state index contributed by atoms with van der Waals surface area (Å²) in [6.45, 7) is 2.85. The molecule has 74 valence electrons. The first-order chi connectivity index (χ1) is 6.77. The molecule has 1 N–H and O–H groups in total. The van der Waals surface area contributed by atoms with E-state index < -0.39 is 0 Å². The average molecular weight is 192 g/mol. The van der Waals surface area contributed by atoms with E-state index >= 15 is 0 Å². The van der Waals surface area contributed by atoms with E-state index in [1.165, 1.54) is 6.07 Å². The Morgan fingerprint density at radius 3 is 2.93 bits per heavy atom. The van der Waals surface area contributed by atoms with Crippen molar-refractivity contribution in [2.24, 2.45) is 4.99 Å². The van der Waals surface area contributed by atoms with Crippen LogP contribution in [0.5, 0.6) is 0 Å². The topological polar surface area (TPSA) is 24.4 Å². The normalized spacial score (nSPS) is 21.3. The Labute approximate surface area is 82.9 Å². The Morgan fingerprint density at radius 2 is 2.21 bits per heavy atom. The third-order valence-corrected chi connectivity index (χ3v) is 2.34. The van der Waals surface area contributed by atoms with Crippen LogP contribution in [-0.4, -0.2) is 18.4 Å². The van der Waals surface area contributed by atoms with E-state index in [2.05, 4.69) is 17.2 Å². The van der Waals surface area contributed by atoms with Crippen LogP contribution in [0.1, 0.15) is 18.9 Å². The summed E-state index contributed by atoms with van der Waals surface area (Å²) < 4.78 is 13.4. The third-order valence-electron chi connectivity index (χ3n) is 2.34. The van der Waals surface area contributed by atoms with E-state index in [9.17, 15) is 4.39 Å². The molecule has 2 nitrogen and oxygen atoms in total. The lowest BCUT2D eigenvalue weighted by Crippen LogP contribution is -2.37. The third kappa shape index (κ3) is 1.76. The molecule has 0 unspecified atom stereocenters. The summed E-state index contributed by atoms with van der Waals surface area (Å²) in [5.74, 6) is 0.467. The highest BCUT2D eigenvalue weighted by Crippen LogP contribution is 2.10. The molecular formula is C11H13FN2. The fourth-order valence-electron chi connectivity index (χ4n) is 1.54. The highest BCUT2D eigenvalue weighted by Gasteiger charge is 2.14. The van der Waals surface area contributed by atoms with Crippen molar-refractivity contribution in [1.29, 1.82) is 0 Å². The SMILES string of the molecule is C[C@H]1CCN=C(c2ccccc2F)N1. The molecule has 2 rings (SSSR count). The van der Waals surface area contributed by atoms with Gasteiger partial charge in [0.05, 0.1) is 5.56 Å². The smallest absolute Gasteiger partial charge is 0.134 e. The summed E-state index contributed by atoms with van der Waals surface area (Å²) in [6.07, 6.45) is 1.01. The van der Waals surface area contributed by atoms with Crippen molar-refractivity contribution in [2.45, 2.75) is 19.4 Å². The standard InChI is InChI=1S/C11H13FN2/c1-8-6-7-13-11(14-8)9-4-2-3-5-10(9)12/h2-5,8H,6-7H2,1H3,(H,13,14)/t8-/m0/s1. The van der Waals surface area contributed by atoms with Crippen LogP contribution in [0.2, 0.25) is 0 Å². The van der Waals surface area contributed by atoms with Crippen LogP contribution in [0.4, 0.5) is 4.39 Å². The van der Waals surface area contributed by atoms with Crippen LogP contribution in [0.3, 0.4) is 0 Å². The molecule has 0 amide bonds. The zero-order valence-corrected chi connectivity index (χ0v) is 8.13. The number of nitrogens with one attached hydrogen (secondary N) is 1. The molecule has 1 aliphatic heterocycles. The molecule has 1 aliphatic rings. The van der Waals surface area contributed by atoms with Crippen LogP contribution in [0, 0.1) is 5.82 Å². The molecule has 0 aromatic heterocycles. The molecule has 1 aromatic carbocycles. The molecule has 1 atom stereocenters. The number of aliphatic imine (C=N–C) groups is 1. The van der Waals surface area contributed by atoms with Gasteiger partial charge in [0.2, 0.25) is 0 Å². The number of benzene rings is 1. The Morgan fingerprint density at radius 1 is 1.43 bits per heavy atom. The number of nitrogens with zero attached hydrogens (tertiary/aromatic N) is 1. The summed E-state index contributed by atoms with van der Waals surface area (Å²) in [4.78, 5) is 4.28. The summed E-state index contributed by atoms with van der Waals surface area (Å²) in [5.41, 5.74) is 0.569. The van der Waals surface area contributed by atoms with E-state index in [0.29, 0.717) is 17.4 Å². The Kier molecular flexibility index (Phi) is 2.48. The first-order valence-electron chi connectivity index (χ1n) is 4.83. The van der Waals surface area contributed by atoms with Gasteiger partial charge in [0, 0.05) is 12.6 Å². The van der Waals surface area contributed by atoms with Gasteiger partial charge >= 0.3 is 0 Å². The van der Waals surface area contributed by atoms with Crippen LogP contribution < -0.4 is 5.32 Å². The molecular weight excluding hydrogens is 179 g/mol. The van der Waals surface area contributed by atoms with Crippen molar-refractivity contribution >= 4 is 5.84 Å². The highest BCUT2D eigenvalue weighted by molar-refractivity contribution is 5.99. The van der Waals surface area contributed by atoms with E-state index in [0.717, 1.165) is 13.0 Å². The molecule has 0 bridgehead atoms. The quantitative estimate of drug-likeness (QED) is 0.722. The molecule has 0 saturated heterocycles. The van der Waals surface area contributed by atoms with Crippen molar-refractivity contribution in [1.82, 2.24) is 5.32 Å². The van der Waals surface area contributed by atoms with Gasteiger partial charge in [-0.2, -0.15) is 0 Å². The first-order valence-corrected chi connectivity index (χ1v) is 4.83. The van der Waals surface area contributed by atoms with Crippen molar-refractivity contribution in [2.75, 3.05) is 6.54 Å². The maximum atomic E-state index is 13.4. The summed E-state index contributed by atoms with van der Waals surface area (Å²) in [6, 6.07) is 7.09. The predicted molar refractivity (Wildman–Crippen MR) is 55.0 cm³/mol. The minimum Gasteiger partial charge on any atom is -0.367 e. The lowest BCUT2D eigenvalue weighted by molar-refractivity contribution is 0.580. The van der Waals surface area contributed by atoms with Crippen molar-refractivity contribution in [3.63, 3.8) is 0 Å². The predicted octanol–water partition coefficient (Wildman–Crippen LogP) is 1.95. The fourth-order valence-corrected chi connectivity index (χ4v) is 1.54. The van der Waals surface area contributed by atoms with Gasteiger partial charge in [0.1, 0.15) is 11.7 Å². The molecule has 0 radical (unpaired) electrons. The van der Waals surface area contributed by atoms with Gasteiger partial charge in [0.15, 0.2) is 0 Å². The van der Waals surface area contributed by atoms with Crippen molar-refractivity contribution < 1.29 is 4.39 Å². The Balaban J connectivity index is 2.31. The second-order valence-corrected chi connectivity index (χ2v) is 3.54. The molecule has 0 saturated carbocycles. The molecule has 0 fully saturated rings. The summed E-state index contributed by atoms with van der Waals surface area (Å²) in [7, 11) is 0. The van der Waals surface area contributed by atoms with Crippen LogP contribution in [0.25, 0.3) is 0 Å². The van der Waals surface area contributed by atoms with Crippen LogP contribution in [-0.2, 0) is 0 Å². The number of hydrogen-bond acceptors (Lipinski definition) is 2. The first kappa shape index (κ1) is 9.19. The van der Waals surface area contributed by atoms with E-state index in [1.807, 2.05) is 6.07 Å². The lowest BCUT2D eigenvalue weighted by Gasteiger charge is -2.21. The molecule has 1 aromatic rings. The minimum atomic E-state index is -0.215. The number of amidine groups is 1. The van der Waals surface area contributed by atoms with E-state index in [1.54, 1.807) is 12.1 Å². The van der Waals surface area contributed by atoms with Gasteiger partial charge in [0.25, 0.3) is 0 Å². The number of hydrogen-bond donors (Lipinski definition) is 1. The van der Waals surface area contributed by atoms with Gasteiger partial charge in [-0.25, -0.2) is 4.39 Å². The average Bonchev–Trinajstić information content (AvgIpc) is 2.18. The Bertz CT molecular complexity index is 360. The largest absolute Gasteiger partial charge is 0.367 e. The molecule has 14 heavy (non-hydrogen) atoms. The van der Waals surface area contributed by atoms with Gasteiger partial charge in [-0.15, -0.1) is 0 Å². The second kappa shape index (κ2) is 3.78. The van der Waals surface area contributed by atoms with Crippen LogP contribution >= 0.6 is 0 Å². The zero-order valence-electron chi connectivity index (χ0n) is 8.13. The maximum Gasteiger partial charge on any atom is 0.134 e. The van der Waals surface area contributed by atoms with Crippen molar-refractivity contribution in [3.05, 3.63) is 35.6 Å². The lowest BCUT2D eigenvalue weighted by atomic mass is 10.1. The van der Waals surface area contributed by atoms with Gasteiger partial charge in [-0.05, 0) is 25.5 Å². The molecule has 0 spiro atoms. The van der Waals surface area contributed by atoms with Gasteiger partial charge in [-0.3, -0.25) is 4.99 Å². The fraction of sp³-hybridized carbons (Fsp3) is 0.364. The molecule has 1 heterocycles. The van der Waals surface area contributed by atoms with Crippen LogP contribution in [0.15, 0.2) is 29.3 Å². The minimum absolute atomic E-state index is 0.215. The zero-order chi connectivity index (χ0) is 9.97. The van der Waals surface area contributed by atoms with Gasteiger partial charge in [-0.1, -0.05) is 12.1 Å². The highest BCUT2D eigenvalue weighted by atomic mass is 19.1. The number of halogens is 1. The Hall–Kier alpha value is -1.38. The molecule has 3 heteroatoms. The molecule has 0 aliphatic carbocycles. The van der Waals surface area contributed by atoms with E-state index in [-0.39, 0.29) is 5.82 Å². The van der Waals surface area contributed by atoms with Gasteiger partial charge < -0.3 is 5.32 Å². The number of rotatable bonds is 1.